The highest BCUT2D eigenvalue weighted by Crippen LogP contribution is 2.32. The summed E-state index contributed by atoms with van der Waals surface area (Å²) in [5.74, 6) is -0.262. The van der Waals surface area contributed by atoms with Crippen molar-refractivity contribution in [3.05, 3.63) is 29.6 Å². The van der Waals surface area contributed by atoms with Gasteiger partial charge in [0.2, 0.25) is 0 Å². The molecular weight excluding hydrogens is 277 g/mol. The molecule has 112 valence electrons. The number of rotatable bonds is 3. The standard InChI is InChI=1S/C15H22FNO2S/c1-15(2,3)7-8-17-13-6-9-20(18,19)14-5-4-11(16)10-12(13)14/h4-5,10,13,17H,6-9H2,1-3H3. The van der Waals surface area contributed by atoms with Crippen molar-refractivity contribution in [3.63, 3.8) is 0 Å². The molecule has 1 aliphatic rings. The first kappa shape index (κ1) is 15.4. The van der Waals surface area contributed by atoms with Gasteiger partial charge >= 0.3 is 0 Å². The molecule has 3 nitrogen and oxygen atoms in total. The van der Waals surface area contributed by atoms with Crippen molar-refractivity contribution >= 4 is 9.84 Å². The van der Waals surface area contributed by atoms with Crippen LogP contribution in [0.1, 0.15) is 45.2 Å². The molecule has 1 aromatic rings. The molecule has 1 unspecified atom stereocenters. The molecule has 2 rings (SSSR count). The van der Waals surface area contributed by atoms with Crippen LogP contribution in [0.25, 0.3) is 0 Å². The van der Waals surface area contributed by atoms with Crippen molar-refractivity contribution in [3.8, 4) is 0 Å². The van der Waals surface area contributed by atoms with Gasteiger partial charge in [0.25, 0.3) is 0 Å². The van der Waals surface area contributed by atoms with E-state index in [1.807, 2.05) is 0 Å². The molecule has 1 aromatic carbocycles. The Morgan fingerprint density at radius 1 is 1.35 bits per heavy atom. The van der Waals surface area contributed by atoms with Crippen LogP contribution in [-0.2, 0) is 9.84 Å². The minimum atomic E-state index is -3.25. The van der Waals surface area contributed by atoms with Crippen molar-refractivity contribution in [2.24, 2.45) is 5.41 Å². The molecule has 1 atom stereocenters. The first-order chi connectivity index (χ1) is 9.19. The first-order valence-corrected chi connectivity index (χ1v) is 8.60. The van der Waals surface area contributed by atoms with Crippen LogP contribution in [0.4, 0.5) is 4.39 Å². The summed E-state index contributed by atoms with van der Waals surface area (Å²) in [6.45, 7) is 7.28. The lowest BCUT2D eigenvalue weighted by Crippen LogP contribution is -2.31. The Morgan fingerprint density at radius 3 is 2.70 bits per heavy atom. The Morgan fingerprint density at radius 2 is 2.05 bits per heavy atom. The van der Waals surface area contributed by atoms with Crippen molar-refractivity contribution in [1.82, 2.24) is 5.32 Å². The van der Waals surface area contributed by atoms with Crippen LogP contribution < -0.4 is 5.32 Å². The second kappa shape index (κ2) is 5.45. The van der Waals surface area contributed by atoms with E-state index in [2.05, 4.69) is 26.1 Å². The summed E-state index contributed by atoms with van der Waals surface area (Å²) >= 11 is 0. The molecule has 1 heterocycles. The smallest absolute Gasteiger partial charge is 0.178 e. The summed E-state index contributed by atoms with van der Waals surface area (Å²) < 4.78 is 37.4. The van der Waals surface area contributed by atoms with E-state index >= 15 is 0 Å². The minimum absolute atomic E-state index is 0.0772. The van der Waals surface area contributed by atoms with Gasteiger partial charge < -0.3 is 5.32 Å². The summed E-state index contributed by atoms with van der Waals surface area (Å²) in [7, 11) is -3.25. The van der Waals surface area contributed by atoms with Gasteiger partial charge in [-0.1, -0.05) is 20.8 Å². The molecule has 0 aromatic heterocycles. The number of sulfone groups is 1. The minimum Gasteiger partial charge on any atom is -0.310 e. The molecule has 5 heteroatoms. The lowest BCUT2D eigenvalue weighted by molar-refractivity contribution is 0.350. The van der Waals surface area contributed by atoms with Crippen LogP contribution in [0.3, 0.4) is 0 Å². The fourth-order valence-electron chi connectivity index (χ4n) is 2.45. The summed E-state index contributed by atoms with van der Waals surface area (Å²) in [6, 6.07) is 3.87. The SMILES string of the molecule is CC(C)(C)CCNC1CCS(=O)(=O)c2ccc(F)cc21. The second-order valence-electron chi connectivity index (χ2n) is 6.61. The van der Waals surface area contributed by atoms with Crippen molar-refractivity contribution in [2.75, 3.05) is 12.3 Å². The third-order valence-corrected chi connectivity index (χ3v) is 5.44. The number of hydrogen-bond acceptors (Lipinski definition) is 3. The summed E-state index contributed by atoms with van der Waals surface area (Å²) in [5.41, 5.74) is 0.795. The number of benzene rings is 1. The maximum absolute atomic E-state index is 13.4. The summed E-state index contributed by atoms with van der Waals surface area (Å²) in [6.07, 6.45) is 1.49. The van der Waals surface area contributed by atoms with Crippen molar-refractivity contribution in [2.45, 2.75) is 44.6 Å². The van der Waals surface area contributed by atoms with E-state index in [4.69, 9.17) is 0 Å². The number of hydrogen-bond donors (Lipinski definition) is 1. The van der Waals surface area contributed by atoms with Crippen LogP contribution in [-0.4, -0.2) is 20.7 Å². The molecule has 0 saturated carbocycles. The highest BCUT2D eigenvalue weighted by atomic mass is 32.2. The van der Waals surface area contributed by atoms with Gasteiger partial charge in [-0.05, 0) is 48.6 Å². The zero-order valence-corrected chi connectivity index (χ0v) is 13.1. The predicted molar refractivity (Wildman–Crippen MR) is 77.9 cm³/mol. The fraction of sp³-hybridized carbons (Fsp3) is 0.600. The van der Waals surface area contributed by atoms with Crippen LogP contribution in [0.15, 0.2) is 23.1 Å². The van der Waals surface area contributed by atoms with Gasteiger partial charge in [-0.2, -0.15) is 0 Å². The zero-order chi connectivity index (χ0) is 15.0. The van der Waals surface area contributed by atoms with Crippen LogP contribution >= 0.6 is 0 Å². The molecule has 0 radical (unpaired) electrons. The maximum atomic E-state index is 13.4. The quantitative estimate of drug-likeness (QED) is 0.873. The molecule has 0 fully saturated rings. The average molecular weight is 299 g/mol. The second-order valence-corrected chi connectivity index (χ2v) is 8.68. The average Bonchev–Trinajstić information content (AvgIpc) is 2.30. The first-order valence-electron chi connectivity index (χ1n) is 6.95. The molecular formula is C15H22FNO2S. The Bertz CT molecular complexity index is 590. The number of halogens is 1. The van der Waals surface area contributed by atoms with Crippen LogP contribution in [0.2, 0.25) is 0 Å². The highest BCUT2D eigenvalue weighted by molar-refractivity contribution is 7.91. The zero-order valence-electron chi connectivity index (χ0n) is 12.2. The third-order valence-electron chi connectivity index (χ3n) is 3.62. The number of nitrogens with one attached hydrogen (secondary N) is 1. The molecule has 0 bridgehead atoms. The van der Waals surface area contributed by atoms with E-state index in [1.165, 1.54) is 18.2 Å². The van der Waals surface area contributed by atoms with Gasteiger partial charge in [-0.3, -0.25) is 0 Å². The Labute approximate surface area is 120 Å². The molecule has 1 aliphatic heterocycles. The predicted octanol–water partition coefficient (Wildman–Crippen LogP) is 3.07. The molecule has 20 heavy (non-hydrogen) atoms. The maximum Gasteiger partial charge on any atom is 0.178 e. The van der Waals surface area contributed by atoms with E-state index in [-0.39, 0.29) is 27.9 Å². The molecule has 0 amide bonds. The van der Waals surface area contributed by atoms with Gasteiger partial charge in [0.15, 0.2) is 9.84 Å². The normalized spacial score (nSPS) is 21.5. The Kier molecular flexibility index (Phi) is 4.21. The largest absolute Gasteiger partial charge is 0.310 e. The van der Waals surface area contributed by atoms with Gasteiger partial charge in [-0.15, -0.1) is 0 Å². The number of fused-ring (bicyclic) bond motifs is 1. The molecule has 0 spiro atoms. The van der Waals surface area contributed by atoms with Gasteiger partial charge in [0.05, 0.1) is 10.6 Å². The molecule has 1 N–H and O–H groups in total. The van der Waals surface area contributed by atoms with Gasteiger partial charge in [0, 0.05) is 6.04 Å². The van der Waals surface area contributed by atoms with Crippen molar-refractivity contribution < 1.29 is 12.8 Å². The molecule has 0 aliphatic carbocycles. The Balaban J connectivity index is 2.19. The van der Waals surface area contributed by atoms with Gasteiger partial charge in [-0.25, -0.2) is 12.8 Å². The summed E-state index contributed by atoms with van der Waals surface area (Å²) in [5, 5.41) is 3.37. The summed E-state index contributed by atoms with van der Waals surface area (Å²) in [4.78, 5) is 0.276. The van der Waals surface area contributed by atoms with Crippen molar-refractivity contribution in [1.29, 1.82) is 0 Å². The fourth-order valence-corrected chi connectivity index (χ4v) is 4.05. The monoisotopic (exact) mass is 299 g/mol. The van der Waals surface area contributed by atoms with E-state index < -0.39 is 9.84 Å². The lowest BCUT2D eigenvalue weighted by Gasteiger charge is -2.28. The van der Waals surface area contributed by atoms with E-state index in [1.54, 1.807) is 0 Å². The lowest BCUT2D eigenvalue weighted by atomic mass is 9.92. The molecule has 0 saturated heterocycles. The third kappa shape index (κ3) is 3.58. The Hall–Kier alpha value is -0.940. The van der Waals surface area contributed by atoms with E-state index in [9.17, 15) is 12.8 Å². The topological polar surface area (TPSA) is 46.2 Å². The van der Waals surface area contributed by atoms with Gasteiger partial charge in [0.1, 0.15) is 5.82 Å². The van der Waals surface area contributed by atoms with E-state index in [0.29, 0.717) is 12.0 Å². The highest BCUT2D eigenvalue weighted by Gasteiger charge is 2.30. The van der Waals surface area contributed by atoms with Crippen LogP contribution in [0.5, 0.6) is 0 Å². The van der Waals surface area contributed by atoms with Crippen LogP contribution in [0, 0.1) is 11.2 Å². The van der Waals surface area contributed by atoms with E-state index in [0.717, 1.165) is 13.0 Å².